The maximum absolute atomic E-state index is 13.0. The third-order valence-corrected chi connectivity index (χ3v) is 5.37. The Labute approximate surface area is 175 Å². The number of rotatable bonds is 4. The van der Waals surface area contributed by atoms with Crippen molar-refractivity contribution in [3.8, 4) is 0 Å². The van der Waals surface area contributed by atoms with Crippen molar-refractivity contribution >= 4 is 50.4 Å². The first-order valence-electron chi connectivity index (χ1n) is 8.91. The Morgan fingerprint density at radius 1 is 1.14 bits per heavy atom. The van der Waals surface area contributed by atoms with Crippen molar-refractivity contribution in [3.63, 3.8) is 0 Å². The molecule has 1 atom stereocenters. The number of carbonyl (C=O) groups excluding carboxylic acids is 3. The van der Waals surface area contributed by atoms with Gasteiger partial charge in [-0.05, 0) is 57.4 Å². The highest BCUT2D eigenvalue weighted by Crippen LogP contribution is 2.31. The van der Waals surface area contributed by atoms with Gasteiger partial charge in [0.05, 0.1) is 0 Å². The van der Waals surface area contributed by atoms with Crippen LogP contribution in [0.4, 0.5) is 10.6 Å². The lowest BCUT2D eigenvalue weighted by Gasteiger charge is -2.22. The normalized spacial score (nSPS) is 18.8. The summed E-state index contributed by atoms with van der Waals surface area (Å²) >= 11 is 3.27. The topological polar surface area (TPSA) is 91.4 Å². The number of imide groups is 1. The minimum atomic E-state index is -1.24. The van der Waals surface area contributed by atoms with Crippen LogP contribution in [0.15, 0.2) is 65.3 Å². The van der Waals surface area contributed by atoms with Gasteiger partial charge in [0.25, 0.3) is 5.91 Å². The number of nitrogens with zero attached hydrogens (tertiary/aromatic N) is 2. The number of amides is 4. The molecule has 2 N–H and O–H groups in total. The van der Waals surface area contributed by atoms with Crippen LogP contribution in [-0.2, 0) is 15.1 Å². The van der Waals surface area contributed by atoms with Crippen molar-refractivity contribution in [2.24, 2.45) is 0 Å². The molecule has 1 aromatic heterocycles. The van der Waals surface area contributed by atoms with Gasteiger partial charge in [-0.15, -0.1) is 0 Å². The Morgan fingerprint density at radius 3 is 2.62 bits per heavy atom. The summed E-state index contributed by atoms with van der Waals surface area (Å²) in [5.74, 6) is -0.648. The van der Waals surface area contributed by atoms with Gasteiger partial charge in [0.2, 0.25) is 5.91 Å². The maximum atomic E-state index is 13.0. The van der Waals surface area contributed by atoms with Gasteiger partial charge in [-0.2, -0.15) is 0 Å². The molecule has 1 unspecified atom stereocenters. The molecule has 146 valence electrons. The average Bonchev–Trinajstić information content (AvgIpc) is 2.93. The van der Waals surface area contributed by atoms with Gasteiger partial charge >= 0.3 is 6.03 Å². The van der Waals surface area contributed by atoms with E-state index in [9.17, 15) is 14.4 Å². The predicted octanol–water partition coefficient (Wildman–Crippen LogP) is 3.40. The summed E-state index contributed by atoms with van der Waals surface area (Å²) in [6, 6.07) is 16.1. The number of nitrogens with one attached hydrogen (secondary N) is 2. The Kier molecular flexibility index (Phi) is 4.79. The lowest BCUT2D eigenvalue weighted by molar-refractivity contribution is -0.133. The molecule has 0 bridgehead atoms. The molecule has 1 aliphatic heterocycles. The molecule has 0 spiro atoms. The second kappa shape index (κ2) is 7.29. The van der Waals surface area contributed by atoms with E-state index in [1.807, 2.05) is 42.5 Å². The molecule has 4 amide bonds. The number of halogens is 1. The van der Waals surface area contributed by atoms with Crippen molar-refractivity contribution < 1.29 is 14.4 Å². The zero-order valence-corrected chi connectivity index (χ0v) is 17.1. The van der Waals surface area contributed by atoms with E-state index in [0.29, 0.717) is 11.4 Å². The van der Waals surface area contributed by atoms with E-state index in [1.54, 1.807) is 25.3 Å². The summed E-state index contributed by atoms with van der Waals surface area (Å²) in [5.41, 5.74) is -0.580. The van der Waals surface area contributed by atoms with Crippen LogP contribution in [0.3, 0.4) is 0 Å². The van der Waals surface area contributed by atoms with E-state index in [2.05, 4.69) is 31.5 Å². The molecule has 2 aromatic carbocycles. The predicted molar refractivity (Wildman–Crippen MR) is 112 cm³/mol. The van der Waals surface area contributed by atoms with E-state index in [-0.39, 0.29) is 0 Å². The van der Waals surface area contributed by atoms with Gasteiger partial charge in [-0.25, -0.2) is 9.78 Å². The van der Waals surface area contributed by atoms with E-state index in [4.69, 9.17) is 0 Å². The van der Waals surface area contributed by atoms with Crippen LogP contribution in [0.2, 0.25) is 0 Å². The number of aromatic nitrogens is 1. The smallest absolute Gasteiger partial charge is 0.319 e. The Morgan fingerprint density at radius 2 is 1.90 bits per heavy atom. The van der Waals surface area contributed by atoms with Crippen LogP contribution >= 0.6 is 15.9 Å². The van der Waals surface area contributed by atoms with Crippen molar-refractivity contribution in [1.82, 2.24) is 15.2 Å². The van der Waals surface area contributed by atoms with E-state index < -0.39 is 29.9 Å². The van der Waals surface area contributed by atoms with E-state index in [1.165, 1.54) is 0 Å². The molecule has 7 nitrogen and oxygen atoms in total. The first-order chi connectivity index (χ1) is 13.9. The van der Waals surface area contributed by atoms with Gasteiger partial charge in [0.1, 0.15) is 17.9 Å². The van der Waals surface area contributed by atoms with Crippen molar-refractivity contribution in [1.29, 1.82) is 0 Å². The number of carbonyl (C=O) groups is 3. The van der Waals surface area contributed by atoms with Gasteiger partial charge in [0.15, 0.2) is 0 Å². The van der Waals surface area contributed by atoms with Gasteiger partial charge in [0, 0.05) is 10.7 Å². The highest BCUT2D eigenvalue weighted by atomic mass is 79.9. The second-order valence-electron chi connectivity index (χ2n) is 6.92. The molecule has 29 heavy (non-hydrogen) atoms. The van der Waals surface area contributed by atoms with Crippen LogP contribution in [-0.4, -0.2) is 34.3 Å². The monoisotopic (exact) mass is 452 g/mol. The fourth-order valence-corrected chi connectivity index (χ4v) is 3.55. The Hall–Kier alpha value is -3.26. The van der Waals surface area contributed by atoms with Crippen molar-refractivity contribution in [2.45, 2.75) is 12.5 Å². The highest BCUT2D eigenvalue weighted by molar-refractivity contribution is 9.10. The molecule has 1 saturated heterocycles. The molecule has 8 heteroatoms. The third-order valence-electron chi connectivity index (χ3n) is 4.90. The molecule has 1 fully saturated rings. The van der Waals surface area contributed by atoms with Crippen LogP contribution in [0, 0.1) is 0 Å². The number of benzene rings is 2. The van der Waals surface area contributed by atoms with Crippen molar-refractivity contribution in [2.75, 3.05) is 11.9 Å². The summed E-state index contributed by atoms with van der Waals surface area (Å²) in [5, 5.41) is 7.31. The minimum Gasteiger partial charge on any atom is -0.319 e. The fourth-order valence-electron chi connectivity index (χ4n) is 3.31. The summed E-state index contributed by atoms with van der Waals surface area (Å²) in [7, 11) is 0. The summed E-state index contributed by atoms with van der Waals surface area (Å²) < 4.78 is 0.774. The first kappa shape index (κ1) is 19.1. The average molecular weight is 453 g/mol. The van der Waals surface area contributed by atoms with Gasteiger partial charge in [-0.3, -0.25) is 14.5 Å². The van der Waals surface area contributed by atoms with Gasteiger partial charge < -0.3 is 10.6 Å². The quantitative estimate of drug-likeness (QED) is 0.593. The van der Waals surface area contributed by atoms with Crippen LogP contribution in [0.25, 0.3) is 10.8 Å². The van der Waals surface area contributed by atoms with E-state index >= 15 is 0 Å². The van der Waals surface area contributed by atoms with Gasteiger partial charge in [-0.1, -0.05) is 36.4 Å². The first-order valence-corrected chi connectivity index (χ1v) is 9.71. The number of anilines is 1. The second-order valence-corrected chi connectivity index (χ2v) is 7.83. The highest BCUT2D eigenvalue weighted by Gasteiger charge is 2.49. The standard InChI is InChI=1S/C21H17BrN4O3/c1-21(15-7-6-13-4-2-3-5-14(13)10-15)19(28)26(20(29)25-21)12-18(27)24-17-9-8-16(22)11-23-17/h2-11H,12H2,1H3,(H,25,29)(H,23,24,27). The summed E-state index contributed by atoms with van der Waals surface area (Å²) in [4.78, 5) is 42.8. The maximum Gasteiger partial charge on any atom is 0.325 e. The lowest BCUT2D eigenvalue weighted by Crippen LogP contribution is -2.42. The zero-order valence-electron chi connectivity index (χ0n) is 15.5. The van der Waals surface area contributed by atoms with Crippen LogP contribution in [0.5, 0.6) is 0 Å². The molecular weight excluding hydrogens is 436 g/mol. The SMILES string of the molecule is CC1(c2ccc3ccccc3c2)NC(=O)N(CC(=O)Nc2ccc(Br)cn2)C1=O. The minimum absolute atomic E-state index is 0.336. The Bertz CT molecular complexity index is 1130. The fraction of sp³-hybridized carbons (Fsp3) is 0.143. The molecule has 0 aliphatic carbocycles. The molecule has 0 saturated carbocycles. The molecule has 4 rings (SSSR count). The molecular formula is C21H17BrN4O3. The lowest BCUT2D eigenvalue weighted by atomic mass is 9.90. The van der Waals surface area contributed by atoms with E-state index in [0.717, 1.165) is 20.1 Å². The molecule has 3 aromatic rings. The van der Waals surface area contributed by atoms with Crippen LogP contribution in [0.1, 0.15) is 12.5 Å². The number of hydrogen-bond acceptors (Lipinski definition) is 4. The molecule has 2 heterocycles. The zero-order chi connectivity index (χ0) is 20.6. The Balaban J connectivity index is 1.54. The number of pyridine rings is 1. The summed E-state index contributed by atoms with van der Waals surface area (Å²) in [6.07, 6.45) is 1.54. The largest absolute Gasteiger partial charge is 0.325 e. The van der Waals surface area contributed by atoms with Crippen LogP contribution < -0.4 is 10.6 Å². The molecule has 0 radical (unpaired) electrons. The van der Waals surface area contributed by atoms with Crippen molar-refractivity contribution in [3.05, 3.63) is 70.8 Å². The summed E-state index contributed by atoms with van der Waals surface area (Å²) in [6.45, 7) is 1.25. The molecule has 1 aliphatic rings. The number of urea groups is 1. The number of fused-ring (bicyclic) bond motifs is 1. The number of hydrogen-bond donors (Lipinski definition) is 2. The third kappa shape index (κ3) is 3.58.